The smallest absolute Gasteiger partial charge is 0.290 e. The maximum absolute atomic E-state index is 11.1. The number of nitrogens with zero attached hydrogens (tertiary/aromatic N) is 5. The van der Waals surface area contributed by atoms with E-state index < -0.39 is 5.91 Å². The first-order valence-corrected chi connectivity index (χ1v) is 7.45. The number of hydrogen-bond donors (Lipinski definition) is 1. The van der Waals surface area contributed by atoms with Crippen molar-refractivity contribution in [3.63, 3.8) is 0 Å². The van der Waals surface area contributed by atoms with Crippen LogP contribution in [0.5, 0.6) is 0 Å². The Morgan fingerprint density at radius 3 is 2.91 bits per heavy atom. The fraction of sp³-hybridized carbons (Fsp3) is 0.500. The molecule has 1 atom stereocenters. The summed E-state index contributed by atoms with van der Waals surface area (Å²) in [5, 5.41) is 3.62. The molecule has 1 aliphatic heterocycles. The van der Waals surface area contributed by atoms with Gasteiger partial charge in [-0.15, -0.1) is 0 Å². The lowest BCUT2D eigenvalue weighted by atomic mass is 10.2. The third kappa shape index (κ3) is 2.30. The Kier molecular flexibility index (Phi) is 3.02. The number of nitrogens with two attached hydrogens (primary N) is 1. The molecule has 0 bridgehead atoms. The van der Waals surface area contributed by atoms with Crippen LogP contribution in [0.3, 0.4) is 0 Å². The van der Waals surface area contributed by atoms with Crippen LogP contribution in [-0.2, 0) is 0 Å². The first-order valence-electron chi connectivity index (χ1n) is 7.45. The third-order valence-electron chi connectivity index (χ3n) is 4.10. The van der Waals surface area contributed by atoms with Crippen LogP contribution in [0, 0.1) is 0 Å². The van der Waals surface area contributed by atoms with Gasteiger partial charge in [-0.05, 0) is 31.7 Å². The summed E-state index contributed by atoms with van der Waals surface area (Å²) in [6, 6.07) is 1.83. The molecule has 0 spiro atoms. The Labute approximate surface area is 126 Å². The molecule has 2 fully saturated rings. The largest absolute Gasteiger partial charge is 0.363 e. The molecule has 2 aromatic heterocycles. The van der Waals surface area contributed by atoms with Gasteiger partial charge in [-0.2, -0.15) is 4.98 Å². The van der Waals surface area contributed by atoms with Gasteiger partial charge in [0.15, 0.2) is 0 Å². The van der Waals surface area contributed by atoms with Crippen molar-refractivity contribution >= 4 is 11.7 Å². The fourth-order valence-electron chi connectivity index (χ4n) is 2.83. The average molecular weight is 300 g/mol. The molecule has 0 radical (unpaired) electrons. The molecule has 2 aromatic rings. The molecule has 8 nitrogen and oxygen atoms in total. The van der Waals surface area contributed by atoms with Crippen LogP contribution in [0.15, 0.2) is 16.8 Å². The molecule has 1 unspecified atom stereocenters. The van der Waals surface area contributed by atoms with Crippen molar-refractivity contribution < 1.29 is 9.32 Å². The Hall–Kier alpha value is -2.51. The second-order valence-corrected chi connectivity index (χ2v) is 5.72. The first-order chi connectivity index (χ1) is 10.7. The van der Waals surface area contributed by atoms with Gasteiger partial charge in [0.25, 0.3) is 11.7 Å². The van der Waals surface area contributed by atoms with Crippen molar-refractivity contribution in [3.8, 4) is 0 Å². The monoisotopic (exact) mass is 300 g/mol. The Bertz CT molecular complexity index is 711. The molecule has 0 aromatic carbocycles. The maximum atomic E-state index is 11.1. The summed E-state index contributed by atoms with van der Waals surface area (Å²) in [5.74, 6) is 1.94. The van der Waals surface area contributed by atoms with Gasteiger partial charge in [-0.25, -0.2) is 9.97 Å². The summed E-state index contributed by atoms with van der Waals surface area (Å²) < 4.78 is 5.20. The lowest BCUT2D eigenvalue weighted by Gasteiger charge is -2.23. The molecule has 1 saturated heterocycles. The van der Waals surface area contributed by atoms with Crippen LogP contribution in [0.2, 0.25) is 0 Å². The lowest BCUT2D eigenvalue weighted by molar-refractivity contribution is 0.0987. The molecule has 3 heterocycles. The van der Waals surface area contributed by atoms with Crippen molar-refractivity contribution in [3.05, 3.63) is 29.8 Å². The second kappa shape index (κ2) is 5.04. The summed E-state index contributed by atoms with van der Waals surface area (Å²) in [6.07, 6.45) is 6.01. The van der Waals surface area contributed by atoms with Gasteiger partial charge in [0, 0.05) is 18.7 Å². The van der Waals surface area contributed by atoms with Gasteiger partial charge in [0.2, 0.25) is 5.89 Å². The molecule has 1 aliphatic carbocycles. The fourth-order valence-corrected chi connectivity index (χ4v) is 2.83. The van der Waals surface area contributed by atoms with E-state index in [1.54, 1.807) is 6.20 Å². The van der Waals surface area contributed by atoms with E-state index in [2.05, 4.69) is 25.0 Å². The quantitative estimate of drug-likeness (QED) is 0.902. The van der Waals surface area contributed by atoms with Crippen molar-refractivity contribution in [1.82, 2.24) is 20.1 Å². The number of primary amides is 1. The van der Waals surface area contributed by atoms with E-state index >= 15 is 0 Å². The van der Waals surface area contributed by atoms with E-state index in [9.17, 15) is 4.79 Å². The zero-order valence-corrected chi connectivity index (χ0v) is 12.0. The number of carbonyl (C=O) groups excluding carboxylic acids is 1. The van der Waals surface area contributed by atoms with Crippen molar-refractivity contribution in [1.29, 1.82) is 0 Å². The SMILES string of the molecule is NC(=O)c1noc(C2CCCN2c2ccnc(C3CC3)n2)n1. The summed E-state index contributed by atoms with van der Waals surface area (Å²) >= 11 is 0. The van der Waals surface area contributed by atoms with Gasteiger partial charge < -0.3 is 15.2 Å². The standard InChI is InChI=1S/C14H16N6O2/c15-11(21)13-18-14(22-19-13)9-2-1-7-20(9)10-5-6-16-12(17-10)8-3-4-8/h5-6,8-9H,1-4,7H2,(H2,15,21). The van der Waals surface area contributed by atoms with Crippen LogP contribution in [0.1, 0.15) is 60.0 Å². The van der Waals surface area contributed by atoms with E-state index in [4.69, 9.17) is 10.3 Å². The number of amides is 1. The highest BCUT2D eigenvalue weighted by atomic mass is 16.5. The summed E-state index contributed by atoms with van der Waals surface area (Å²) in [5.41, 5.74) is 5.17. The minimum Gasteiger partial charge on any atom is -0.363 e. The summed E-state index contributed by atoms with van der Waals surface area (Å²) in [4.78, 5) is 26.4. The Morgan fingerprint density at radius 1 is 1.32 bits per heavy atom. The Balaban J connectivity index is 1.62. The third-order valence-corrected chi connectivity index (χ3v) is 4.10. The summed E-state index contributed by atoms with van der Waals surface area (Å²) in [7, 11) is 0. The normalized spacial score (nSPS) is 21.3. The molecule has 4 rings (SSSR count). The zero-order chi connectivity index (χ0) is 15.1. The zero-order valence-electron chi connectivity index (χ0n) is 12.0. The topological polar surface area (TPSA) is 111 Å². The number of anilines is 1. The van der Waals surface area contributed by atoms with E-state index in [0.717, 1.165) is 31.0 Å². The number of hydrogen-bond acceptors (Lipinski definition) is 7. The second-order valence-electron chi connectivity index (χ2n) is 5.72. The highest BCUT2D eigenvalue weighted by molar-refractivity contribution is 5.88. The van der Waals surface area contributed by atoms with Crippen molar-refractivity contribution in [2.45, 2.75) is 37.6 Å². The number of rotatable bonds is 4. The van der Waals surface area contributed by atoms with E-state index in [-0.39, 0.29) is 11.9 Å². The minimum atomic E-state index is -0.683. The number of carbonyl (C=O) groups is 1. The molecule has 2 N–H and O–H groups in total. The molecular formula is C14H16N6O2. The highest BCUT2D eigenvalue weighted by Gasteiger charge is 2.33. The molecule has 2 aliphatic rings. The van der Waals surface area contributed by atoms with E-state index in [0.29, 0.717) is 11.8 Å². The summed E-state index contributed by atoms with van der Waals surface area (Å²) in [6.45, 7) is 0.861. The van der Waals surface area contributed by atoms with Crippen LogP contribution in [-0.4, -0.2) is 32.6 Å². The van der Waals surface area contributed by atoms with Crippen molar-refractivity contribution in [2.75, 3.05) is 11.4 Å². The van der Waals surface area contributed by atoms with Crippen LogP contribution in [0.4, 0.5) is 5.82 Å². The van der Waals surface area contributed by atoms with Gasteiger partial charge in [-0.3, -0.25) is 4.79 Å². The molecular weight excluding hydrogens is 284 g/mol. The average Bonchev–Trinajstić information content (AvgIpc) is 3.06. The molecule has 1 amide bonds. The molecule has 22 heavy (non-hydrogen) atoms. The van der Waals surface area contributed by atoms with Gasteiger partial charge in [0.1, 0.15) is 17.7 Å². The minimum absolute atomic E-state index is 0.0671. The first kappa shape index (κ1) is 13.2. The predicted molar refractivity (Wildman–Crippen MR) is 76.1 cm³/mol. The van der Waals surface area contributed by atoms with Gasteiger partial charge in [-0.1, -0.05) is 5.16 Å². The van der Waals surface area contributed by atoms with Gasteiger partial charge >= 0.3 is 0 Å². The lowest BCUT2D eigenvalue weighted by Crippen LogP contribution is -2.24. The van der Waals surface area contributed by atoms with Gasteiger partial charge in [0.05, 0.1) is 0 Å². The highest BCUT2D eigenvalue weighted by Crippen LogP contribution is 2.39. The van der Waals surface area contributed by atoms with E-state index in [1.165, 1.54) is 12.8 Å². The molecule has 8 heteroatoms. The molecule has 114 valence electrons. The van der Waals surface area contributed by atoms with Crippen LogP contribution < -0.4 is 10.6 Å². The van der Waals surface area contributed by atoms with Crippen molar-refractivity contribution in [2.24, 2.45) is 5.73 Å². The van der Waals surface area contributed by atoms with E-state index in [1.807, 2.05) is 6.07 Å². The predicted octanol–water partition coefficient (Wildman–Crippen LogP) is 1.18. The Morgan fingerprint density at radius 2 is 2.18 bits per heavy atom. The van der Waals surface area contributed by atoms with Crippen LogP contribution in [0.25, 0.3) is 0 Å². The number of aromatic nitrogens is 4. The van der Waals surface area contributed by atoms with Crippen LogP contribution >= 0.6 is 0 Å². The molecule has 1 saturated carbocycles. The maximum Gasteiger partial charge on any atom is 0.290 e.